The molecule has 11 heteroatoms. The fraction of sp³-hybridized carbons (Fsp3) is 0.409. The minimum Gasteiger partial charge on any atom is -0.507 e. The van der Waals surface area contributed by atoms with Crippen LogP contribution in [0, 0.1) is 23.7 Å². The van der Waals surface area contributed by atoms with Crippen LogP contribution in [0.4, 0.5) is 5.69 Å². The van der Waals surface area contributed by atoms with E-state index >= 15 is 0 Å². The standard InChI is InChI=1S/C22H23N3O8/c1-6-9-7(23)4-5-8(26)11(9)16(27)12-10(6)17(28)14-15(25(2)3)18(29)13(21(24)32)20(31)22(14,33)19(12)30/h4-5,10,12-15,17,26,28,33H,1,23H2,2-3H3,(H2,24,32)/t10-,12?,13?,14-,15+,17+,22+/m0/s1. The highest BCUT2D eigenvalue weighted by molar-refractivity contribution is 6.33. The number of anilines is 1. The van der Waals surface area contributed by atoms with Gasteiger partial charge in [-0.25, -0.2) is 0 Å². The lowest BCUT2D eigenvalue weighted by molar-refractivity contribution is -0.192. The number of aliphatic hydroxyl groups excluding tert-OH is 1. The minimum absolute atomic E-state index is 0.0420. The zero-order valence-electron chi connectivity index (χ0n) is 17.8. The number of hydrogen-bond acceptors (Lipinski definition) is 10. The number of nitrogens with two attached hydrogens (primary N) is 2. The smallest absolute Gasteiger partial charge is 0.235 e. The molecule has 4 rings (SSSR count). The molecule has 2 saturated carbocycles. The lowest BCUT2D eigenvalue weighted by Crippen LogP contribution is -2.77. The molecule has 0 aliphatic heterocycles. The van der Waals surface area contributed by atoms with Crippen molar-refractivity contribution in [2.45, 2.75) is 17.7 Å². The predicted octanol–water partition coefficient (Wildman–Crippen LogP) is -2.11. The Morgan fingerprint density at radius 1 is 1.12 bits per heavy atom. The van der Waals surface area contributed by atoms with Crippen molar-refractivity contribution in [2.24, 2.45) is 29.4 Å². The molecular weight excluding hydrogens is 434 g/mol. The van der Waals surface area contributed by atoms with E-state index in [4.69, 9.17) is 11.5 Å². The average molecular weight is 457 g/mol. The number of primary amides is 1. The summed E-state index contributed by atoms with van der Waals surface area (Å²) in [5, 5.41) is 33.1. The number of carbonyl (C=O) groups is 5. The third-order valence-electron chi connectivity index (χ3n) is 7.10. The molecule has 7 atom stereocenters. The first-order valence-electron chi connectivity index (χ1n) is 10.1. The predicted molar refractivity (Wildman–Crippen MR) is 112 cm³/mol. The van der Waals surface area contributed by atoms with Gasteiger partial charge in [-0.2, -0.15) is 0 Å². The lowest BCUT2D eigenvalue weighted by Gasteiger charge is -2.55. The number of Topliss-reactive ketones (excluding diaryl/α,β-unsaturated/α-hetero) is 4. The number of phenols is 1. The van der Waals surface area contributed by atoms with Gasteiger partial charge >= 0.3 is 0 Å². The van der Waals surface area contributed by atoms with Crippen LogP contribution >= 0.6 is 0 Å². The van der Waals surface area contributed by atoms with Crippen LogP contribution in [0.1, 0.15) is 15.9 Å². The number of nitrogen functional groups attached to an aromatic ring is 1. The molecule has 7 N–H and O–H groups in total. The molecule has 0 bridgehead atoms. The Kier molecular flexibility index (Phi) is 4.86. The van der Waals surface area contributed by atoms with E-state index in [0.29, 0.717) is 0 Å². The van der Waals surface area contributed by atoms with Gasteiger partial charge in [0.15, 0.2) is 34.7 Å². The van der Waals surface area contributed by atoms with E-state index in [1.165, 1.54) is 25.1 Å². The SMILES string of the molecule is C=C1c2c(N)ccc(O)c2C(=O)C2C(=O)[C@@]3(O)C(=O)C(C(N)=O)C(=O)[C@H](N(C)C)[C@H]3[C@H](O)[C@@H]12. The quantitative estimate of drug-likeness (QED) is 0.186. The number of carbonyl (C=O) groups excluding carboxylic acids is 5. The zero-order valence-corrected chi connectivity index (χ0v) is 17.8. The molecule has 3 aliphatic carbocycles. The molecule has 0 radical (unpaired) electrons. The van der Waals surface area contributed by atoms with Crippen molar-refractivity contribution in [3.63, 3.8) is 0 Å². The van der Waals surface area contributed by atoms with Crippen LogP contribution < -0.4 is 11.5 Å². The molecule has 2 fully saturated rings. The van der Waals surface area contributed by atoms with E-state index in [1.807, 2.05) is 0 Å². The maximum Gasteiger partial charge on any atom is 0.235 e. The molecule has 11 nitrogen and oxygen atoms in total. The summed E-state index contributed by atoms with van der Waals surface area (Å²) in [7, 11) is 2.82. The number of phenolic OH excluding ortho intramolecular Hbond substituents is 1. The molecule has 1 amide bonds. The monoisotopic (exact) mass is 457 g/mol. The van der Waals surface area contributed by atoms with Crippen LogP contribution in [-0.4, -0.2) is 81.1 Å². The fourth-order valence-electron chi connectivity index (χ4n) is 5.69. The van der Waals surface area contributed by atoms with Crippen LogP contribution in [0.3, 0.4) is 0 Å². The Morgan fingerprint density at radius 2 is 1.73 bits per heavy atom. The molecule has 0 aromatic heterocycles. The van der Waals surface area contributed by atoms with Crippen LogP contribution in [0.5, 0.6) is 5.75 Å². The summed E-state index contributed by atoms with van der Waals surface area (Å²) in [6.45, 7) is 3.88. The number of nitrogens with zero attached hydrogens (tertiary/aromatic N) is 1. The largest absolute Gasteiger partial charge is 0.507 e. The number of rotatable bonds is 2. The molecule has 0 heterocycles. The van der Waals surface area contributed by atoms with Crippen molar-refractivity contribution < 1.29 is 39.3 Å². The first-order valence-corrected chi connectivity index (χ1v) is 10.1. The van der Waals surface area contributed by atoms with Crippen molar-refractivity contribution in [1.82, 2.24) is 4.90 Å². The molecule has 33 heavy (non-hydrogen) atoms. The highest BCUT2D eigenvalue weighted by Gasteiger charge is 2.72. The molecular formula is C22H23N3O8. The van der Waals surface area contributed by atoms with Gasteiger partial charge in [0.05, 0.1) is 29.5 Å². The normalized spacial score (nSPS) is 35.8. The first kappa shape index (κ1) is 22.8. The molecule has 174 valence electrons. The average Bonchev–Trinajstić information content (AvgIpc) is 2.72. The molecule has 3 aliphatic rings. The summed E-state index contributed by atoms with van der Waals surface area (Å²) in [5.74, 6) is -13.5. The summed E-state index contributed by atoms with van der Waals surface area (Å²) in [4.78, 5) is 66.4. The number of aromatic hydroxyl groups is 1. The Labute approximate surface area is 187 Å². The number of benzene rings is 1. The van der Waals surface area contributed by atoms with E-state index in [1.54, 1.807) is 0 Å². The van der Waals surface area contributed by atoms with Crippen LogP contribution in [0.25, 0.3) is 5.57 Å². The maximum atomic E-state index is 13.6. The van der Waals surface area contributed by atoms with E-state index < -0.39 is 76.2 Å². The minimum atomic E-state index is -3.05. The van der Waals surface area contributed by atoms with E-state index in [-0.39, 0.29) is 22.4 Å². The van der Waals surface area contributed by atoms with Crippen molar-refractivity contribution in [3.8, 4) is 5.75 Å². The third kappa shape index (κ3) is 2.63. The van der Waals surface area contributed by atoms with Crippen LogP contribution in [-0.2, 0) is 19.2 Å². The summed E-state index contributed by atoms with van der Waals surface area (Å²) < 4.78 is 0. The number of fused-ring (bicyclic) bond motifs is 3. The lowest BCUT2D eigenvalue weighted by atomic mass is 9.50. The topological polar surface area (TPSA) is 201 Å². The Balaban J connectivity index is 1.99. The zero-order chi connectivity index (χ0) is 24.7. The van der Waals surface area contributed by atoms with Gasteiger partial charge < -0.3 is 26.8 Å². The van der Waals surface area contributed by atoms with E-state index in [0.717, 1.165) is 6.07 Å². The summed E-state index contributed by atoms with van der Waals surface area (Å²) >= 11 is 0. The van der Waals surface area contributed by atoms with E-state index in [9.17, 15) is 39.3 Å². The number of amides is 1. The second-order valence-corrected chi connectivity index (χ2v) is 8.97. The van der Waals surface area contributed by atoms with Gasteiger partial charge in [0.25, 0.3) is 0 Å². The second-order valence-electron chi connectivity index (χ2n) is 8.97. The van der Waals surface area contributed by atoms with Gasteiger partial charge in [0, 0.05) is 17.2 Å². The Bertz CT molecular complexity index is 1170. The van der Waals surface area contributed by atoms with E-state index in [2.05, 4.69) is 6.58 Å². The number of ketones is 4. The highest BCUT2D eigenvalue weighted by atomic mass is 16.3. The van der Waals surface area contributed by atoms with Crippen molar-refractivity contribution in [1.29, 1.82) is 0 Å². The first-order chi connectivity index (χ1) is 15.3. The van der Waals surface area contributed by atoms with Gasteiger partial charge in [-0.15, -0.1) is 0 Å². The highest BCUT2D eigenvalue weighted by Crippen LogP contribution is 2.54. The van der Waals surface area contributed by atoms with Gasteiger partial charge in [0.1, 0.15) is 5.75 Å². The van der Waals surface area contributed by atoms with Gasteiger partial charge in [-0.1, -0.05) is 6.58 Å². The Morgan fingerprint density at radius 3 is 2.27 bits per heavy atom. The molecule has 1 aromatic carbocycles. The molecule has 1 aromatic rings. The molecule has 2 unspecified atom stereocenters. The fourth-order valence-corrected chi connectivity index (χ4v) is 5.69. The Hall–Kier alpha value is -3.41. The van der Waals surface area contributed by atoms with Crippen LogP contribution in [0.2, 0.25) is 0 Å². The number of likely N-dealkylation sites (N-methyl/N-ethyl adjacent to an activating group) is 1. The van der Waals surface area contributed by atoms with Gasteiger partial charge in [0.2, 0.25) is 5.91 Å². The summed E-state index contributed by atoms with van der Waals surface area (Å²) in [6, 6.07) is 1.03. The van der Waals surface area contributed by atoms with Crippen molar-refractivity contribution in [3.05, 3.63) is 29.8 Å². The van der Waals surface area contributed by atoms with Crippen molar-refractivity contribution >= 4 is 40.3 Å². The van der Waals surface area contributed by atoms with Gasteiger partial charge in [-0.05, 0) is 31.8 Å². The molecule has 0 saturated heterocycles. The number of hydrogen-bond donors (Lipinski definition) is 5. The van der Waals surface area contributed by atoms with Crippen molar-refractivity contribution in [2.75, 3.05) is 19.8 Å². The second kappa shape index (κ2) is 7.04. The molecule has 0 spiro atoms. The third-order valence-corrected chi connectivity index (χ3v) is 7.10. The summed E-state index contributed by atoms with van der Waals surface area (Å²) in [6.07, 6.45) is -1.78. The van der Waals surface area contributed by atoms with Gasteiger partial charge in [-0.3, -0.25) is 28.9 Å². The maximum absolute atomic E-state index is 13.6. The summed E-state index contributed by atoms with van der Waals surface area (Å²) in [5.41, 5.74) is 8.01. The number of aliphatic hydroxyl groups is 2. The van der Waals surface area contributed by atoms with Crippen LogP contribution in [0.15, 0.2) is 18.7 Å².